The second-order valence-electron chi connectivity index (χ2n) is 7.05. The molecule has 0 spiro atoms. The average Bonchev–Trinajstić information content (AvgIpc) is 2.71. The summed E-state index contributed by atoms with van der Waals surface area (Å²) < 4.78 is 6.55. The highest BCUT2D eigenvalue weighted by Crippen LogP contribution is 2.49. The molecule has 0 bridgehead atoms. The molecule has 134 valence electrons. The van der Waals surface area contributed by atoms with E-state index in [0.29, 0.717) is 12.0 Å². The molecule has 2 aromatic rings. The van der Waals surface area contributed by atoms with Crippen LogP contribution in [0.2, 0.25) is 0 Å². The summed E-state index contributed by atoms with van der Waals surface area (Å²) in [4.78, 5) is 0. The van der Waals surface area contributed by atoms with E-state index in [1.807, 2.05) is 0 Å². The molecule has 0 aromatic heterocycles. The van der Waals surface area contributed by atoms with Gasteiger partial charge in [-0.2, -0.15) is 0 Å². The Morgan fingerprint density at radius 3 is 2.20 bits per heavy atom. The van der Waals surface area contributed by atoms with Crippen LogP contribution >= 0.6 is 22.5 Å². The summed E-state index contributed by atoms with van der Waals surface area (Å²) in [6.07, 6.45) is 6.93. The van der Waals surface area contributed by atoms with Gasteiger partial charge >= 0.3 is 0 Å². The molecule has 1 nitrogen and oxygen atoms in total. The molecule has 0 amide bonds. The molecule has 3 rings (SSSR count). The molecule has 0 N–H and O–H groups in total. The van der Waals surface area contributed by atoms with Crippen molar-refractivity contribution in [2.24, 2.45) is 0 Å². The fourth-order valence-corrected chi connectivity index (χ4v) is 7.74. The molecule has 1 aliphatic carbocycles. The van der Waals surface area contributed by atoms with E-state index in [2.05, 4.69) is 67.6 Å². The van der Waals surface area contributed by atoms with Crippen molar-refractivity contribution in [3.05, 3.63) is 71.8 Å². The topological polar surface area (TPSA) is 9.23 Å². The molecule has 2 aromatic carbocycles. The van der Waals surface area contributed by atoms with Crippen LogP contribution in [0.1, 0.15) is 56.1 Å². The van der Waals surface area contributed by atoms with Crippen LogP contribution in [0.25, 0.3) is 0 Å². The van der Waals surface area contributed by atoms with Crippen LogP contribution in [-0.2, 0) is 8.80 Å². The third kappa shape index (κ3) is 4.54. The molecule has 2 atom stereocenters. The molecule has 0 heterocycles. The van der Waals surface area contributed by atoms with Gasteiger partial charge in [0.2, 0.25) is 0 Å². The lowest BCUT2D eigenvalue weighted by atomic mass is 9.92. The Balaban J connectivity index is 1.89. The molecular formula is C21H28OS2Si. The maximum Gasteiger partial charge on any atom is 0.183 e. The second-order valence-corrected chi connectivity index (χ2v) is 10.8. The van der Waals surface area contributed by atoms with Crippen molar-refractivity contribution in [2.45, 2.75) is 55.4 Å². The smallest absolute Gasteiger partial charge is 0.183 e. The van der Waals surface area contributed by atoms with Crippen LogP contribution in [0.5, 0.6) is 0 Å². The highest BCUT2D eigenvalue weighted by Gasteiger charge is 2.40. The minimum absolute atomic E-state index is 0.0524. The summed E-state index contributed by atoms with van der Waals surface area (Å²) in [5.74, 6) is 0.369. The number of hydrogen-bond donors (Lipinski definition) is 1. The van der Waals surface area contributed by atoms with E-state index >= 15 is 0 Å². The molecule has 0 aliphatic heterocycles. The number of thiol groups is 1. The van der Waals surface area contributed by atoms with Crippen LogP contribution in [0, 0.1) is 0 Å². The van der Waals surface area contributed by atoms with E-state index < -0.39 is 9.76 Å². The minimum Gasteiger partial charge on any atom is -0.419 e. The fourth-order valence-electron chi connectivity index (χ4n) is 3.82. The molecule has 4 heteroatoms. The summed E-state index contributed by atoms with van der Waals surface area (Å²) in [5.41, 5.74) is 2.72. The lowest BCUT2D eigenvalue weighted by Crippen LogP contribution is -2.38. The molecule has 1 fully saturated rings. The lowest BCUT2D eigenvalue weighted by Gasteiger charge is -2.39. The van der Waals surface area contributed by atoms with Crippen LogP contribution in [0.3, 0.4) is 0 Å². The molecule has 1 saturated carbocycles. The highest BCUT2D eigenvalue weighted by atomic mass is 33.1. The third-order valence-corrected chi connectivity index (χ3v) is 11.0. The van der Waals surface area contributed by atoms with Crippen LogP contribution in [-0.4, -0.2) is 15.9 Å². The van der Waals surface area contributed by atoms with E-state index in [9.17, 15) is 0 Å². The van der Waals surface area contributed by atoms with Crippen molar-refractivity contribution in [1.82, 2.24) is 0 Å². The van der Waals surface area contributed by atoms with Gasteiger partial charge in [-0.05, 0) is 29.9 Å². The largest absolute Gasteiger partial charge is 0.419 e. The minimum atomic E-state index is -0.829. The van der Waals surface area contributed by atoms with E-state index in [1.54, 1.807) is 10.8 Å². The van der Waals surface area contributed by atoms with Crippen molar-refractivity contribution in [2.75, 3.05) is 0 Å². The molecule has 2 unspecified atom stereocenters. The lowest BCUT2D eigenvalue weighted by molar-refractivity contribution is 0.157. The molecule has 0 saturated heterocycles. The number of rotatable bonds is 7. The van der Waals surface area contributed by atoms with Gasteiger partial charge in [-0.3, -0.25) is 0 Å². The first-order chi connectivity index (χ1) is 12.3. The van der Waals surface area contributed by atoms with Gasteiger partial charge in [0.05, 0.1) is 4.37 Å². The Morgan fingerprint density at radius 1 is 1.00 bits per heavy atom. The van der Waals surface area contributed by atoms with Gasteiger partial charge in [-0.15, -0.1) is 11.7 Å². The van der Waals surface area contributed by atoms with Gasteiger partial charge < -0.3 is 4.43 Å². The Kier molecular flexibility index (Phi) is 7.11. The first-order valence-electron chi connectivity index (χ1n) is 9.31. The normalized spacial score (nSPS) is 19.8. The maximum atomic E-state index is 6.61. The predicted octanol–water partition coefficient (Wildman–Crippen LogP) is 5.65. The Hall–Kier alpha value is -0.683. The highest BCUT2D eigenvalue weighted by molar-refractivity contribution is 8.69. The van der Waals surface area contributed by atoms with Gasteiger partial charge in [-0.25, -0.2) is 0 Å². The standard InChI is InChI=1S/C21H28OS2Si/c1-17(18-11-5-2-6-12-18)21(24-23,19-13-7-3-8-14-19)25-22-20-15-9-4-10-16-20/h2-3,5-8,11-14,17,20,23H,4,9-10,15-16,25H2,1H3. The predicted molar refractivity (Wildman–Crippen MR) is 116 cm³/mol. The van der Waals surface area contributed by atoms with Crippen molar-refractivity contribution in [3.63, 3.8) is 0 Å². The fraction of sp³-hybridized carbons (Fsp3) is 0.429. The van der Waals surface area contributed by atoms with Crippen LogP contribution in [0.4, 0.5) is 0 Å². The van der Waals surface area contributed by atoms with Crippen molar-refractivity contribution in [3.8, 4) is 0 Å². The third-order valence-electron chi connectivity index (χ3n) is 5.51. The summed E-state index contributed by atoms with van der Waals surface area (Å²) >= 11 is 4.77. The van der Waals surface area contributed by atoms with Gasteiger partial charge in [-0.1, -0.05) is 97.6 Å². The summed E-state index contributed by atoms with van der Waals surface area (Å²) in [6.45, 7) is 2.34. The first-order valence-corrected chi connectivity index (χ1v) is 12.5. The zero-order valence-electron chi connectivity index (χ0n) is 14.9. The second kappa shape index (κ2) is 9.31. The first kappa shape index (κ1) is 19.1. The van der Waals surface area contributed by atoms with E-state index in [0.717, 1.165) is 0 Å². The van der Waals surface area contributed by atoms with E-state index in [4.69, 9.17) is 16.1 Å². The van der Waals surface area contributed by atoms with E-state index in [1.165, 1.54) is 43.2 Å². The molecule has 0 radical (unpaired) electrons. The zero-order chi connectivity index (χ0) is 17.5. The SMILES string of the molecule is CC(c1ccccc1)C([SiH2]OC1CCCCC1)(SS)c1ccccc1. The van der Waals surface area contributed by atoms with Gasteiger partial charge in [0.25, 0.3) is 0 Å². The van der Waals surface area contributed by atoms with Gasteiger partial charge in [0, 0.05) is 6.10 Å². The number of hydrogen-bond acceptors (Lipinski definition) is 3. The van der Waals surface area contributed by atoms with Crippen LogP contribution in [0.15, 0.2) is 60.7 Å². The molecule has 25 heavy (non-hydrogen) atoms. The maximum absolute atomic E-state index is 6.61. The average molecular weight is 389 g/mol. The summed E-state index contributed by atoms with van der Waals surface area (Å²) in [6, 6.07) is 21.7. The van der Waals surface area contributed by atoms with Gasteiger partial charge in [0.15, 0.2) is 9.76 Å². The van der Waals surface area contributed by atoms with Gasteiger partial charge in [0.1, 0.15) is 0 Å². The quantitative estimate of drug-likeness (QED) is 0.372. The summed E-state index contributed by atoms with van der Waals surface area (Å²) in [7, 11) is 0.864. The van der Waals surface area contributed by atoms with Crippen molar-refractivity contribution in [1.29, 1.82) is 0 Å². The van der Waals surface area contributed by atoms with Crippen LogP contribution < -0.4 is 0 Å². The Bertz CT molecular complexity index is 631. The van der Waals surface area contributed by atoms with Crippen molar-refractivity contribution >= 4 is 32.2 Å². The Morgan fingerprint density at radius 2 is 1.60 bits per heavy atom. The van der Waals surface area contributed by atoms with E-state index in [-0.39, 0.29) is 4.37 Å². The summed E-state index contributed by atoms with van der Waals surface area (Å²) in [5, 5.41) is 0. The molecular weight excluding hydrogens is 360 g/mol. The monoisotopic (exact) mass is 388 g/mol. The Labute approximate surface area is 163 Å². The molecule has 1 aliphatic rings. The number of benzene rings is 2. The zero-order valence-corrected chi connectivity index (χ0v) is 18.1. The van der Waals surface area contributed by atoms with Crippen molar-refractivity contribution < 1.29 is 4.43 Å².